The van der Waals surface area contributed by atoms with Crippen LogP contribution >= 0.6 is 0 Å². The molecule has 134 valence electrons. The van der Waals surface area contributed by atoms with E-state index in [1.54, 1.807) is 4.90 Å². The Morgan fingerprint density at radius 2 is 1.54 bits per heavy atom. The molecule has 0 heterocycles. The molecule has 1 N–H and O–H groups in total. The first kappa shape index (κ1) is 20.2. The van der Waals surface area contributed by atoms with E-state index in [2.05, 4.69) is 26.1 Å². The molecular weight excluding hydrogens is 300 g/mol. The fraction of sp³-hybridized carbons (Fsp3) is 0.600. The molecule has 4 nitrogen and oxygen atoms in total. The first-order chi connectivity index (χ1) is 11.1. The van der Waals surface area contributed by atoms with Crippen LogP contribution in [0.1, 0.15) is 64.4 Å². The minimum atomic E-state index is -0.500. The van der Waals surface area contributed by atoms with Crippen molar-refractivity contribution >= 4 is 11.8 Å². The number of hydrogen-bond acceptors (Lipinski definition) is 2. The average Bonchev–Trinajstić information content (AvgIpc) is 2.52. The lowest BCUT2D eigenvalue weighted by atomic mass is 9.86. The van der Waals surface area contributed by atoms with Crippen LogP contribution in [0.5, 0.6) is 0 Å². The molecule has 24 heavy (non-hydrogen) atoms. The molecule has 1 aromatic carbocycles. The Kier molecular flexibility index (Phi) is 7.00. The van der Waals surface area contributed by atoms with Crippen molar-refractivity contribution in [2.24, 2.45) is 5.92 Å². The molecule has 1 atom stereocenters. The van der Waals surface area contributed by atoms with Gasteiger partial charge in [0.05, 0.1) is 0 Å². The normalized spacial score (nSPS) is 12.8. The van der Waals surface area contributed by atoms with Crippen molar-refractivity contribution in [2.75, 3.05) is 13.1 Å². The van der Waals surface area contributed by atoms with Gasteiger partial charge in [-0.2, -0.15) is 0 Å². The molecule has 0 aromatic heterocycles. The van der Waals surface area contributed by atoms with Gasteiger partial charge in [0.2, 0.25) is 5.91 Å². The van der Waals surface area contributed by atoms with Crippen LogP contribution in [0.15, 0.2) is 24.3 Å². The summed E-state index contributed by atoms with van der Waals surface area (Å²) in [5, 5.41) is 2.91. The van der Waals surface area contributed by atoms with E-state index >= 15 is 0 Å². The van der Waals surface area contributed by atoms with Gasteiger partial charge in [-0.3, -0.25) is 9.59 Å². The summed E-state index contributed by atoms with van der Waals surface area (Å²) < 4.78 is 0. The second-order valence-corrected chi connectivity index (χ2v) is 7.53. The Bertz CT molecular complexity index is 552. The van der Waals surface area contributed by atoms with Crippen LogP contribution in [0.3, 0.4) is 0 Å². The lowest BCUT2D eigenvalue weighted by Crippen LogP contribution is -2.51. The third-order valence-corrected chi connectivity index (χ3v) is 4.31. The minimum Gasteiger partial charge on any atom is -0.341 e. The number of hydrogen-bond donors (Lipinski definition) is 1. The molecular formula is C20H32N2O2. The van der Waals surface area contributed by atoms with Gasteiger partial charge >= 0.3 is 0 Å². The Hall–Kier alpha value is -1.84. The summed E-state index contributed by atoms with van der Waals surface area (Å²) in [4.78, 5) is 26.9. The smallest absolute Gasteiger partial charge is 0.251 e. The molecule has 0 saturated carbocycles. The number of nitrogens with one attached hydrogen (secondary N) is 1. The molecule has 0 bridgehead atoms. The molecule has 1 rings (SSSR count). The maximum Gasteiger partial charge on any atom is 0.251 e. The highest BCUT2D eigenvalue weighted by Crippen LogP contribution is 2.22. The van der Waals surface area contributed by atoms with Gasteiger partial charge in [0, 0.05) is 18.7 Å². The summed E-state index contributed by atoms with van der Waals surface area (Å²) in [5.41, 5.74) is 1.81. The highest BCUT2D eigenvalue weighted by atomic mass is 16.2. The van der Waals surface area contributed by atoms with E-state index in [-0.39, 0.29) is 23.1 Å². The first-order valence-electron chi connectivity index (χ1n) is 8.82. The van der Waals surface area contributed by atoms with E-state index in [0.717, 1.165) is 0 Å². The lowest BCUT2D eigenvalue weighted by molar-refractivity contribution is -0.133. The van der Waals surface area contributed by atoms with Crippen LogP contribution < -0.4 is 5.32 Å². The standard InChI is InChI=1S/C20H32N2O2/c1-8-22(9-2)19(24)17(14(3)4)21-18(23)15-10-12-16(13-11-15)20(5,6)7/h10-14,17H,8-9H2,1-7H3,(H,21,23). The van der Waals surface area contributed by atoms with Crippen LogP contribution in [0, 0.1) is 5.92 Å². The molecule has 0 aliphatic rings. The highest BCUT2D eigenvalue weighted by Gasteiger charge is 2.27. The second kappa shape index (κ2) is 8.32. The van der Waals surface area contributed by atoms with Crippen molar-refractivity contribution in [3.63, 3.8) is 0 Å². The minimum absolute atomic E-state index is 0.0188. The summed E-state index contributed by atoms with van der Waals surface area (Å²) >= 11 is 0. The molecule has 4 heteroatoms. The fourth-order valence-electron chi connectivity index (χ4n) is 2.59. The van der Waals surface area contributed by atoms with E-state index in [0.29, 0.717) is 18.7 Å². The van der Waals surface area contributed by atoms with Crippen molar-refractivity contribution in [1.82, 2.24) is 10.2 Å². The number of carbonyl (C=O) groups excluding carboxylic acids is 2. The summed E-state index contributed by atoms with van der Waals surface area (Å²) in [6.45, 7) is 15.5. The van der Waals surface area contributed by atoms with Gasteiger partial charge < -0.3 is 10.2 Å². The molecule has 1 aromatic rings. The third-order valence-electron chi connectivity index (χ3n) is 4.31. The van der Waals surface area contributed by atoms with E-state index < -0.39 is 6.04 Å². The number of likely N-dealkylation sites (N-methyl/N-ethyl adjacent to an activating group) is 1. The Morgan fingerprint density at radius 1 is 1.04 bits per heavy atom. The monoisotopic (exact) mass is 332 g/mol. The van der Waals surface area contributed by atoms with E-state index in [1.807, 2.05) is 52.0 Å². The van der Waals surface area contributed by atoms with Gasteiger partial charge in [-0.25, -0.2) is 0 Å². The zero-order valence-electron chi connectivity index (χ0n) is 16.1. The summed E-state index contributed by atoms with van der Waals surface area (Å²) in [6.07, 6.45) is 0. The topological polar surface area (TPSA) is 49.4 Å². The van der Waals surface area contributed by atoms with Crippen molar-refractivity contribution in [1.29, 1.82) is 0 Å². The molecule has 2 amide bonds. The molecule has 1 unspecified atom stereocenters. The predicted octanol–water partition coefficient (Wildman–Crippen LogP) is 3.61. The first-order valence-corrected chi connectivity index (χ1v) is 8.82. The quantitative estimate of drug-likeness (QED) is 0.865. The number of carbonyl (C=O) groups is 2. The zero-order valence-corrected chi connectivity index (χ0v) is 16.1. The van der Waals surface area contributed by atoms with Gasteiger partial charge in [0.15, 0.2) is 0 Å². The van der Waals surface area contributed by atoms with Crippen LogP contribution in [0.2, 0.25) is 0 Å². The van der Waals surface area contributed by atoms with Crippen molar-refractivity contribution < 1.29 is 9.59 Å². The van der Waals surface area contributed by atoms with Crippen LogP contribution in [-0.4, -0.2) is 35.8 Å². The van der Waals surface area contributed by atoms with Gasteiger partial charge in [0.25, 0.3) is 5.91 Å². The highest BCUT2D eigenvalue weighted by molar-refractivity contribution is 5.97. The maximum atomic E-state index is 12.6. The largest absolute Gasteiger partial charge is 0.341 e. The van der Waals surface area contributed by atoms with Gasteiger partial charge in [-0.15, -0.1) is 0 Å². The number of amides is 2. The Labute approximate surface area is 146 Å². The molecule has 0 aliphatic heterocycles. The van der Waals surface area contributed by atoms with Crippen LogP contribution in [0.4, 0.5) is 0 Å². The molecule has 0 aliphatic carbocycles. The van der Waals surface area contributed by atoms with Crippen LogP contribution in [0.25, 0.3) is 0 Å². The molecule has 0 radical (unpaired) electrons. The van der Waals surface area contributed by atoms with Gasteiger partial charge in [-0.05, 0) is 42.9 Å². The summed E-state index contributed by atoms with van der Waals surface area (Å²) in [6, 6.07) is 7.11. The second-order valence-electron chi connectivity index (χ2n) is 7.53. The van der Waals surface area contributed by atoms with E-state index in [1.165, 1.54) is 5.56 Å². The molecule has 0 fully saturated rings. The van der Waals surface area contributed by atoms with Gasteiger partial charge in [-0.1, -0.05) is 46.8 Å². The predicted molar refractivity (Wildman–Crippen MR) is 99.2 cm³/mol. The average molecular weight is 332 g/mol. The zero-order chi connectivity index (χ0) is 18.5. The Balaban J connectivity index is 2.91. The molecule has 0 saturated heterocycles. The van der Waals surface area contributed by atoms with E-state index in [4.69, 9.17) is 0 Å². The van der Waals surface area contributed by atoms with Crippen LogP contribution in [-0.2, 0) is 10.2 Å². The fourth-order valence-corrected chi connectivity index (χ4v) is 2.59. The maximum absolute atomic E-state index is 12.6. The third kappa shape index (κ3) is 5.08. The van der Waals surface area contributed by atoms with Crippen molar-refractivity contribution in [3.05, 3.63) is 35.4 Å². The molecule has 0 spiro atoms. The number of rotatable bonds is 6. The van der Waals surface area contributed by atoms with Gasteiger partial charge in [0.1, 0.15) is 6.04 Å². The number of nitrogens with zero attached hydrogens (tertiary/aromatic N) is 1. The summed E-state index contributed by atoms with van der Waals surface area (Å²) in [5.74, 6) is -0.180. The van der Waals surface area contributed by atoms with E-state index in [9.17, 15) is 9.59 Å². The number of benzene rings is 1. The van der Waals surface area contributed by atoms with Crippen molar-refractivity contribution in [2.45, 2.75) is 59.9 Å². The van der Waals surface area contributed by atoms with Crippen molar-refractivity contribution in [3.8, 4) is 0 Å². The SMILES string of the molecule is CCN(CC)C(=O)C(NC(=O)c1ccc(C(C)(C)C)cc1)C(C)C. The lowest BCUT2D eigenvalue weighted by Gasteiger charge is -2.28. The summed E-state index contributed by atoms with van der Waals surface area (Å²) in [7, 11) is 0. The Morgan fingerprint density at radius 3 is 1.92 bits per heavy atom.